The van der Waals surface area contributed by atoms with Gasteiger partial charge in [0.25, 0.3) is 11.8 Å². The van der Waals surface area contributed by atoms with Crippen LogP contribution in [0.2, 0.25) is 0 Å². The fourth-order valence-corrected chi connectivity index (χ4v) is 7.01. The molecule has 0 saturated carbocycles. The number of nitrogens with zero attached hydrogens (tertiary/aromatic N) is 3. The molecule has 6 rings (SSSR count). The molecule has 2 saturated heterocycles. The first-order valence-electron chi connectivity index (χ1n) is 14.4. The van der Waals surface area contributed by atoms with Crippen molar-refractivity contribution in [1.82, 2.24) is 15.2 Å². The molecule has 3 heterocycles. The van der Waals surface area contributed by atoms with E-state index >= 15 is 0 Å². The Morgan fingerprint density at radius 1 is 0.975 bits per heavy atom. The number of piperidine rings is 1. The van der Waals surface area contributed by atoms with Crippen LogP contribution in [0, 0.1) is 19.3 Å². The van der Waals surface area contributed by atoms with Crippen LogP contribution < -0.4 is 15.0 Å². The predicted octanol–water partition coefficient (Wildman–Crippen LogP) is 5.26. The van der Waals surface area contributed by atoms with E-state index in [-0.39, 0.29) is 23.3 Å². The minimum absolute atomic E-state index is 0.0770. The van der Waals surface area contributed by atoms with Gasteiger partial charge in [0, 0.05) is 55.4 Å². The van der Waals surface area contributed by atoms with Crippen LogP contribution in [0.3, 0.4) is 0 Å². The number of carbonyl (C=O) groups is 2. The second-order valence-electron chi connectivity index (χ2n) is 11.8. The van der Waals surface area contributed by atoms with E-state index in [0.29, 0.717) is 5.56 Å². The number of hydrogen-bond acceptors (Lipinski definition) is 5. The zero-order chi connectivity index (χ0) is 27.9. The molecular weight excluding hydrogens is 500 g/mol. The van der Waals surface area contributed by atoms with E-state index in [1.54, 1.807) is 7.11 Å². The molecule has 2 aromatic carbocycles. The summed E-state index contributed by atoms with van der Waals surface area (Å²) in [7, 11) is 1.64. The van der Waals surface area contributed by atoms with Gasteiger partial charge in [-0.25, -0.2) is 0 Å². The van der Waals surface area contributed by atoms with Gasteiger partial charge in [0.2, 0.25) is 0 Å². The van der Waals surface area contributed by atoms with Gasteiger partial charge in [-0.1, -0.05) is 6.07 Å². The van der Waals surface area contributed by atoms with E-state index in [4.69, 9.17) is 4.74 Å². The van der Waals surface area contributed by atoms with E-state index < -0.39 is 0 Å². The van der Waals surface area contributed by atoms with Crippen molar-refractivity contribution in [2.45, 2.75) is 52.0 Å². The summed E-state index contributed by atoms with van der Waals surface area (Å²) in [5.41, 5.74) is 6.93. The first-order chi connectivity index (χ1) is 19.4. The summed E-state index contributed by atoms with van der Waals surface area (Å²) in [5, 5.41) is 3.26. The zero-order valence-corrected chi connectivity index (χ0v) is 23.7. The van der Waals surface area contributed by atoms with E-state index in [0.717, 1.165) is 86.3 Å². The average molecular weight is 539 g/mol. The lowest BCUT2D eigenvalue weighted by Gasteiger charge is -2.40. The average Bonchev–Trinajstić information content (AvgIpc) is 3.57. The van der Waals surface area contributed by atoms with Gasteiger partial charge in [-0.2, -0.15) is 0 Å². The summed E-state index contributed by atoms with van der Waals surface area (Å²) in [4.78, 5) is 35.6. The Labute approximate surface area is 236 Å². The number of rotatable bonds is 5. The van der Waals surface area contributed by atoms with Crippen molar-refractivity contribution in [2.75, 3.05) is 38.2 Å². The third-order valence-electron chi connectivity index (χ3n) is 9.32. The van der Waals surface area contributed by atoms with E-state index in [1.165, 1.54) is 11.3 Å². The fourth-order valence-electron chi connectivity index (χ4n) is 7.01. The molecule has 2 aliphatic heterocycles. The molecule has 1 N–H and O–H groups in total. The highest BCUT2D eigenvalue weighted by molar-refractivity contribution is 5.98. The molecule has 7 heteroatoms. The fraction of sp³-hybridized carbons (Fsp3) is 0.424. The molecule has 2 fully saturated rings. The summed E-state index contributed by atoms with van der Waals surface area (Å²) < 4.78 is 5.36. The summed E-state index contributed by atoms with van der Waals surface area (Å²) >= 11 is 0. The highest BCUT2D eigenvalue weighted by Crippen LogP contribution is 2.42. The van der Waals surface area contributed by atoms with Crippen molar-refractivity contribution >= 4 is 17.5 Å². The highest BCUT2D eigenvalue weighted by atomic mass is 16.5. The van der Waals surface area contributed by atoms with Crippen LogP contribution in [-0.4, -0.2) is 55.0 Å². The maximum atomic E-state index is 13.7. The number of carbonyl (C=O) groups excluding carboxylic acids is 2. The third-order valence-corrected chi connectivity index (χ3v) is 9.32. The van der Waals surface area contributed by atoms with Gasteiger partial charge in [-0.05, 0) is 110 Å². The highest BCUT2D eigenvalue weighted by Gasteiger charge is 2.42. The van der Waals surface area contributed by atoms with Gasteiger partial charge in [0.15, 0.2) is 0 Å². The number of hydrogen-bond donors (Lipinski definition) is 1. The van der Waals surface area contributed by atoms with Crippen LogP contribution in [0.25, 0.3) is 0 Å². The lowest BCUT2D eigenvalue weighted by atomic mass is 9.77. The number of likely N-dealkylation sites (tertiary alicyclic amines) is 1. The topological polar surface area (TPSA) is 74.8 Å². The molecule has 0 radical (unpaired) electrons. The summed E-state index contributed by atoms with van der Waals surface area (Å²) in [6, 6.07) is 13.9. The number of amides is 2. The number of aromatic nitrogens is 1. The molecule has 0 bridgehead atoms. The van der Waals surface area contributed by atoms with Crippen molar-refractivity contribution in [2.24, 2.45) is 5.41 Å². The van der Waals surface area contributed by atoms with E-state index in [1.807, 2.05) is 50.5 Å². The molecule has 40 heavy (non-hydrogen) atoms. The Kier molecular flexibility index (Phi) is 6.99. The number of ether oxygens (including phenoxy) is 1. The molecule has 1 atom stereocenters. The SMILES string of the molecule is COc1cc(C)c(C(=O)NC2CCc3ccc(C(=O)N4CCC5(CCN(c6ccncc6)CC5)C4)cc32)c(C)c1. The van der Waals surface area contributed by atoms with Crippen LogP contribution in [0.15, 0.2) is 54.9 Å². The Hall–Kier alpha value is -3.87. The van der Waals surface area contributed by atoms with Gasteiger partial charge >= 0.3 is 0 Å². The maximum Gasteiger partial charge on any atom is 0.253 e. The predicted molar refractivity (Wildman–Crippen MR) is 156 cm³/mol. The molecular formula is C33H38N4O3. The number of nitrogens with one attached hydrogen (secondary N) is 1. The van der Waals surface area contributed by atoms with Crippen LogP contribution >= 0.6 is 0 Å². The molecule has 1 unspecified atom stereocenters. The number of anilines is 1. The first-order valence-corrected chi connectivity index (χ1v) is 14.4. The van der Waals surface area contributed by atoms with E-state index in [9.17, 15) is 9.59 Å². The normalized spacial score (nSPS) is 19.5. The van der Waals surface area contributed by atoms with Crippen molar-refractivity contribution in [1.29, 1.82) is 0 Å². The third kappa shape index (κ3) is 4.93. The molecule has 208 valence electrons. The Balaban J connectivity index is 1.12. The second kappa shape index (κ2) is 10.6. The van der Waals surface area contributed by atoms with Gasteiger partial charge in [0.1, 0.15) is 5.75 Å². The van der Waals surface area contributed by atoms with Crippen LogP contribution in [0.1, 0.15) is 74.7 Å². The molecule has 7 nitrogen and oxygen atoms in total. The quantitative estimate of drug-likeness (QED) is 0.480. The maximum absolute atomic E-state index is 13.7. The minimum Gasteiger partial charge on any atom is -0.497 e. The van der Waals surface area contributed by atoms with Crippen molar-refractivity contribution in [3.8, 4) is 5.75 Å². The second-order valence-corrected chi connectivity index (χ2v) is 11.8. The van der Waals surface area contributed by atoms with Gasteiger partial charge < -0.3 is 19.9 Å². The lowest BCUT2D eigenvalue weighted by Crippen LogP contribution is -2.42. The molecule has 2 amide bonds. The number of aryl methyl sites for hydroxylation is 3. The van der Waals surface area contributed by atoms with E-state index in [2.05, 4.69) is 38.3 Å². The monoisotopic (exact) mass is 538 g/mol. The molecule has 3 aromatic rings. The van der Waals surface area contributed by atoms with Crippen LogP contribution in [-0.2, 0) is 6.42 Å². The number of benzene rings is 2. The van der Waals surface area contributed by atoms with Gasteiger partial charge in [-0.3, -0.25) is 14.6 Å². The molecule has 1 aromatic heterocycles. The smallest absolute Gasteiger partial charge is 0.253 e. The van der Waals surface area contributed by atoms with Crippen molar-refractivity contribution < 1.29 is 14.3 Å². The summed E-state index contributed by atoms with van der Waals surface area (Å²) in [5.74, 6) is 0.783. The molecule has 1 spiro atoms. The molecule has 3 aliphatic rings. The van der Waals surface area contributed by atoms with Gasteiger partial charge in [-0.15, -0.1) is 0 Å². The van der Waals surface area contributed by atoms with Crippen molar-refractivity contribution in [3.63, 3.8) is 0 Å². The first kappa shape index (κ1) is 26.4. The Morgan fingerprint density at radius 3 is 2.38 bits per heavy atom. The lowest BCUT2D eigenvalue weighted by molar-refractivity contribution is 0.0764. The van der Waals surface area contributed by atoms with Crippen molar-refractivity contribution in [3.05, 3.63) is 88.2 Å². The number of fused-ring (bicyclic) bond motifs is 1. The minimum atomic E-state index is -0.0985. The number of methoxy groups -OCH3 is 1. The summed E-state index contributed by atoms with van der Waals surface area (Å²) in [6.45, 7) is 7.54. The largest absolute Gasteiger partial charge is 0.497 e. The summed E-state index contributed by atoms with van der Waals surface area (Å²) in [6.07, 6.45) is 8.70. The Bertz CT molecular complexity index is 1410. The van der Waals surface area contributed by atoms with Gasteiger partial charge in [0.05, 0.1) is 13.2 Å². The molecule has 1 aliphatic carbocycles. The van der Waals surface area contributed by atoms with Crippen LogP contribution in [0.5, 0.6) is 5.75 Å². The van der Waals surface area contributed by atoms with Crippen LogP contribution in [0.4, 0.5) is 5.69 Å². The Morgan fingerprint density at radius 2 is 1.68 bits per heavy atom. The zero-order valence-electron chi connectivity index (χ0n) is 23.7. The standard InChI is InChI=1S/C33H38N4O3/c1-22-18-27(40-3)19-23(2)30(22)31(38)35-29-7-6-24-4-5-25(20-28(24)29)32(39)37-17-12-33(21-37)10-15-36(16-11-33)26-8-13-34-14-9-26/h4-5,8-9,13-14,18-20,29H,6-7,10-12,15-17,21H2,1-3H3,(H,35,38). The number of pyridine rings is 1.